The fourth-order valence-electron chi connectivity index (χ4n) is 2.44. The van der Waals surface area contributed by atoms with Crippen LogP contribution < -0.4 is 15.5 Å². The molecular formula is C17H29IN6O2. The van der Waals surface area contributed by atoms with Crippen molar-refractivity contribution in [1.29, 1.82) is 0 Å². The maximum absolute atomic E-state index is 11.7. The summed E-state index contributed by atoms with van der Waals surface area (Å²) in [5.41, 5.74) is 1.06. The van der Waals surface area contributed by atoms with Crippen molar-refractivity contribution >= 4 is 41.7 Å². The Labute approximate surface area is 172 Å². The molecule has 0 aromatic carbocycles. The van der Waals surface area contributed by atoms with E-state index in [0.717, 1.165) is 44.2 Å². The van der Waals surface area contributed by atoms with Crippen molar-refractivity contribution in [2.24, 2.45) is 4.99 Å². The van der Waals surface area contributed by atoms with Crippen LogP contribution >= 0.6 is 24.0 Å². The average Bonchev–Trinajstić information content (AvgIpc) is 2.64. The van der Waals surface area contributed by atoms with Gasteiger partial charge in [0.2, 0.25) is 5.91 Å². The zero-order chi connectivity index (χ0) is 18.1. The van der Waals surface area contributed by atoms with Crippen molar-refractivity contribution in [2.75, 3.05) is 58.4 Å². The summed E-state index contributed by atoms with van der Waals surface area (Å²) in [4.78, 5) is 24.6. The zero-order valence-corrected chi connectivity index (χ0v) is 18.0. The number of guanidine groups is 1. The average molecular weight is 476 g/mol. The summed E-state index contributed by atoms with van der Waals surface area (Å²) in [5, 5.41) is 6.22. The lowest BCUT2D eigenvalue weighted by atomic mass is 10.2. The monoisotopic (exact) mass is 476 g/mol. The number of hydrogen-bond acceptors (Lipinski definition) is 5. The summed E-state index contributed by atoms with van der Waals surface area (Å²) in [5.74, 6) is 1.57. The van der Waals surface area contributed by atoms with Crippen LogP contribution in [0.4, 0.5) is 5.82 Å². The SMILES string of the molecule is CCNC(=NCc1cccnc1N1CCOCC1)NCC(=O)N(C)C.I. The Bertz CT molecular complexity index is 590. The third-order valence-electron chi connectivity index (χ3n) is 3.84. The van der Waals surface area contributed by atoms with Gasteiger partial charge in [-0.15, -0.1) is 24.0 Å². The number of anilines is 1. The molecule has 0 bridgehead atoms. The molecule has 1 aromatic rings. The first-order valence-electron chi connectivity index (χ1n) is 8.60. The minimum absolute atomic E-state index is 0. The predicted octanol–water partition coefficient (Wildman–Crippen LogP) is 0.680. The molecule has 1 fully saturated rings. The number of pyridine rings is 1. The van der Waals surface area contributed by atoms with Crippen LogP contribution in [0, 0.1) is 0 Å². The maximum Gasteiger partial charge on any atom is 0.241 e. The number of halogens is 1. The van der Waals surface area contributed by atoms with Gasteiger partial charge in [0.1, 0.15) is 5.82 Å². The van der Waals surface area contributed by atoms with E-state index in [2.05, 4.69) is 25.5 Å². The number of ether oxygens (including phenoxy) is 1. The van der Waals surface area contributed by atoms with Gasteiger partial charge < -0.3 is 25.2 Å². The molecule has 2 heterocycles. The van der Waals surface area contributed by atoms with E-state index in [1.165, 1.54) is 0 Å². The van der Waals surface area contributed by atoms with Gasteiger partial charge in [0, 0.05) is 45.5 Å². The molecular weight excluding hydrogens is 447 g/mol. The van der Waals surface area contributed by atoms with Crippen molar-refractivity contribution in [1.82, 2.24) is 20.5 Å². The number of carbonyl (C=O) groups is 1. The molecule has 0 spiro atoms. The normalized spacial score (nSPS) is 14.4. The molecule has 1 amide bonds. The van der Waals surface area contributed by atoms with Crippen LogP contribution in [0.15, 0.2) is 23.3 Å². The van der Waals surface area contributed by atoms with Gasteiger partial charge in [-0.3, -0.25) is 4.79 Å². The fraction of sp³-hybridized carbons (Fsp3) is 0.588. The number of aliphatic imine (C=N–C) groups is 1. The van der Waals surface area contributed by atoms with Gasteiger partial charge in [-0.05, 0) is 13.0 Å². The van der Waals surface area contributed by atoms with E-state index in [1.54, 1.807) is 25.2 Å². The van der Waals surface area contributed by atoms with Crippen LogP contribution in [0.2, 0.25) is 0 Å². The molecule has 1 aliphatic rings. The number of morpholine rings is 1. The molecule has 8 nitrogen and oxygen atoms in total. The van der Waals surface area contributed by atoms with Crippen LogP contribution in [-0.4, -0.2) is 75.2 Å². The van der Waals surface area contributed by atoms with Gasteiger partial charge >= 0.3 is 0 Å². The molecule has 2 rings (SSSR count). The summed E-state index contributed by atoms with van der Waals surface area (Å²) >= 11 is 0. The van der Waals surface area contributed by atoms with Crippen LogP contribution in [0.25, 0.3) is 0 Å². The molecule has 1 saturated heterocycles. The van der Waals surface area contributed by atoms with Crippen molar-refractivity contribution < 1.29 is 9.53 Å². The van der Waals surface area contributed by atoms with E-state index in [1.807, 2.05) is 19.1 Å². The van der Waals surface area contributed by atoms with Gasteiger partial charge in [-0.1, -0.05) is 6.07 Å². The zero-order valence-electron chi connectivity index (χ0n) is 15.7. The van der Waals surface area contributed by atoms with Crippen molar-refractivity contribution in [2.45, 2.75) is 13.5 Å². The molecule has 146 valence electrons. The van der Waals surface area contributed by atoms with Gasteiger partial charge in [0.25, 0.3) is 0 Å². The van der Waals surface area contributed by atoms with Gasteiger partial charge in [0.05, 0.1) is 26.3 Å². The Morgan fingerprint density at radius 1 is 1.35 bits per heavy atom. The molecule has 2 N–H and O–H groups in total. The number of likely N-dealkylation sites (N-methyl/N-ethyl adjacent to an activating group) is 1. The minimum Gasteiger partial charge on any atom is -0.378 e. The first kappa shape index (κ1) is 22.4. The lowest BCUT2D eigenvalue weighted by molar-refractivity contribution is -0.127. The fourth-order valence-corrected chi connectivity index (χ4v) is 2.44. The Morgan fingerprint density at radius 3 is 2.73 bits per heavy atom. The van der Waals surface area contributed by atoms with Crippen LogP contribution in [-0.2, 0) is 16.1 Å². The van der Waals surface area contributed by atoms with Crippen molar-refractivity contribution in [3.8, 4) is 0 Å². The third kappa shape index (κ3) is 6.94. The first-order valence-corrected chi connectivity index (χ1v) is 8.60. The number of amides is 1. The predicted molar refractivity (Wildman–Crippen MR) is 114 cm³/mol. The maximum atomic E-state index is 11.7. The summed E-state index contributed by atoms with van der Waals surface area (Å²) < 4.78 is 5.41. The number of nitrogens with one attached hydrogen (secondary N) is 2. The Hall–Kier alpha value is -1.62. The summed E-state index contributed by atoms with van der Waals surface area (Å²) in [7, 11) is 3.47. The standard InChI is InChI=1S/C17H28N6O2.HI/c1-4-18-17(21-13-15(24)22(2)3)20-12-14-6-5-7-19-16(14)23-8-10-25-11-9-23;/h5-7H,4,8-13H2,1-3H3,(H2,18,20,21);1H. The molecule has 0 unspecified atom stereocenters. The number of aromatic nitrogens is 1. The van der Waals surface area contributed by atoms with Crippen molar-refractivity contribution in [3.05, 3.63) is 23.9 Å². The Morgan fingerprint density at radius 2 is 2.08 bits per heavy atom. The van der Waals surface area contributed by atoms with E-state index in [0.29, 0.717) is 12.5 Å². The Balaban J connectivity index is 0.00000338. The molecule has 0 saturated carbocycles. The highest BCUT2D eigenvalue weighted by atomic mass is 127. The second kappa shape index (κ2) is 11.9. The Kier molecular flexibility index (Phi) is 10.3. The third-order valence-corrected chi connectivity index (χ3v) is 3.84. The van der Waals surface area contributed by atoms with E-state index >= 15 is 0 Å². The number of nitrogens with zero attached hydrogens (tertiary/aromatic N) is 4. The van der Waals surface area contributed by atoms with E-state index in [9.17, 15) is 4.79 Å². The highest BCUT2D eigenvalue weighted by Gasteiger charge is 2.15. The minimum atomic E-state index is 0. The van der Waals surface area contributed by atoms with Crippen LogP contribution in [0.1, 0.15) is 12.5 Å². The summed E-state index contributed by atoms with van der Waals surface area (Å²) in [6.45, 7) is 6.53. The second-order valence-electron chi connectivity index (χ2n) is 5.92. The second-order valence-corrected chi connectivity index (χ2v) is 5.92. The topological polar surface area (TPSA) is 82.1 Å². The highest BCUT2D eigenvalue weighted by molar-refractivity contribution is 14.0. The van der Waals surface area contributed by atoms with Gasteiger partial charge in [0.15, 0.2) is 5.96 Å². The van der Waals surface area contributed by atoms with E-state index in [4.69, 9.17) is 4.74 Å². The van der Waals surface area contributed by atoms with Crippen molar-refractivity contribution in [3.63, 3.8) is 0 Å². The van der Waals surface area contributed by atoms with E-state index in [-0.39, 0.29) is 36.4 Å². The molecule has 0 aliphatic carbocycles. The molecule has 1 aliphatic heterocycles. The van der Waals surface area contributed by atoms with Crippen LogP contribution in [0.3, 0.4) is 0 Å². The molecule has 9 heteroatoms. The quantitative estimate of drug-likeness (QED) is 0.357. The summed E-state index contributed by atoms with van der Waals surface area (Å²) in [6.07, 6.45) is 1.80. The number of hydrogen-bond donors (Lipinski definition) is 2. The summed E-state index contributed by atoms with van der Waals surface area (Å²) in [6, 6.07) is 3.96. The van der Waals surface area contributed by atoms with Gasteiger partial charge in [-0.25, -0.2) is 9.98 Å². The molecule has 26 heavy (non-hydrogen) atoms. The molecule has 0 atom stereocenters. The number of carbonyl (C=O) groups excluding carboxylic acids is 1. The smallest absolute Gasteiger partial charge is 0.241 e. The van der Waals surface area contributed by atoms with Gasteiger partial charge in [-0.2, -0.15) is 0 Å². The lowest BCUT2D eigenvalue weighted by Crippen LogP contribution is -2.42. The van der Waals surface area contributed by atoms with Crippen LogP contribution in [0.5, 0.6) is 0 Å². The highest BCUT2D eigenvalue weighted by Crippen LogP contribution is 2.19. The molecule has 0 radical (unpaired) electrons. The molecule has 1 aromatic heterocycles. The lowest BCUT2D eigenvalue weighted by Gasteiger charge is -2.29. The first-order chi connectivity index (χ1) is 12.1. The van der Waals surface area contributed by atoms with E-state index < -0.39 is 0 Å². The largest absolute Gasteiger partial charge is 0.378 e. The number of rotatable bonds is 6.